The van der Waals surface area contributed by atoms with E-state index in [1.165, 1.54) is 5.56 Å². The molecule has 0 aliphatic heterocycles. The number of nitrogens with zero attached hydrogens (tertiary/aromatic N) is 3. The highest BCUT2D eigenvalue weighted by molar-refractivity contribution is 7.98. The molecule has 4 aromatic rings. The fourth-order valence-electron chi connectivity index (χ4n) is 3.64. The van der Waals surface area contributed by atoms with Crippen LogP contribution in [0.2, 0.25) is 5.02 Å². The quantitative estimate of drug-likeness (QED) is 0.281. The molecule has 0 aliphatic rings. The predicted octanol–water partition coefficient (Wildman–Crippen LogP) is 6.02. The topological polar surface area (TPSA) is 69.0 Å². The zero-order chi connectivity index (χ0) is 24.8. The highest BCUT2D eigenvalue weighted by Gasteiger charge is 2.18. The van der Waals surface area contributed by atoms with Gasteiger partial charge in [0.25, 0.3) is 5.91 Å². The standard InChI is InChI=1S/C27H27ClN4O2S/c1-4-19-9-11-21(12-10-19)26(33)29-16-25-30-31-27(32(25)24-15-22(28)13-8-18(24)2)35-17-20-6-5-7-23(14-20)34-3/h5-15H,4,16-17H2,1-3H3,(H,29,33). The zero-order valence-electron chi connectivity index (χ0n) is 19.9. The molecule has 0 atom stereocenters. The third kappa shape index (κ3) is 6.05. The fraction of sp³-hybridized carbons (Fsp3) is 0.222. The van der Waals surface area contributed by atoms with Crippen LogP contribution in [-0.2, 0) is 18.7 Å². The summed E-state index contributed by atoms with van der Waals surface area (Å²) in [6.45, 7) is 4.33. The van der Waals surface area contributed by atoms with Crippen LogP contribution in [0.15, 0.2) is 71.9 Å². The van der Waals surface area contributed by atoms with Crippen molar-refractivity contribution in [2.75, 3.05) is 7.11 Å². The Morgan fingerprint density at radius 1 is 1.06 bits per heavy atom. The number of carbonyl (C=O) groups is 1. The largest absolute Gasteiger partial charge is 0.497 e. The maximum absolute atomic E-state index is 12.8. The zero-order valence-corrected chi connectivity index (χ0v) is 21.5. The van der Waals surface area contributed by atoms with Gasteiger partial charge in [0, 0.05) is 16.3 Å². The van der Waals surface area contributed by atoms with Crippen LogP contribution in [0.25, 0.3) is 5.69 Å². The summed E-state index contributed by atoms with van der Waals surface area (Å²) in [5.74, 6) is 1.97. The van der Waals surface area contributed by atoms with E-state index in [4.69, 9.17) is 16.3 Å². The van der Waals surface area contributed by atoms with Crippen LogP contribution < -0.4 is 10.1 Å². The summed E-state index contributed by atoms with van der Waals surface area (Å²) in [4.78, 5) is 12.8. The van der Waals surface area contributed by atoms with Gasteiger partial charge in [0.05, 0.1) is 19.3 Å². The Labute approximate surface area is 214 Å². The number of rotatable bonds is 9. The van der Waals surface area contributed by atoms with Gasteiger partial charge >= 0.3 is 0 Å². The molecule has 1 N–H and O–H groups in total. The number of ether oxygens (including phenoxy) is 1. The Morgan fingerprint density at radius 3 is 2.60 bits per heavy atom. The second-order valence-corrected chi connectivity index (χ2v) is 9.42. The third-order valence-corrected chi connectivity index (χ3v) is 6.88. The number of hydrogen-bond acceptors (Lipinski definition) is 5. The minimum absolute atomic E-state index is 0.157. The van der Waals surface area contributed by atoms with E-state index >= 15 is 0 Å². The van der Waals surface area contributed by atoms with Gasteiger partial charge in [0.2, 0.25) is 0 Å². The van der Waals surface area contributed by atoms with Gasteiger partial charge < -0.3 is 10.1 Å². The van der Waals surface area contributed by atoms with E-state index in [0.717, 1.165) is 34.1 Å². The first-order valence-electron chi connectivity index (χ1n) is 11.3. The lowest BCUT2D eigenvalue weighted by atomic mass is 10.1. The predicted molar refractivity (Wildman–Crippen MR) is 141 cm³/mol. The highest BCUT2D eigenvalue weighted by atomic mass is 35.5. The number of methoxy groups -OCH3 is 1. The molecule has 6 nitrogen and oxygen atoms in total. The Morgan fingerprint density at radius 2 is 1.86 bits per heavy atom. The number of benzene rings is 3. The van der Waals surface area contributed by atoms with Gasteiger partial charge in [0.15, 0.2) is 11.0 Å². The highest BCUT2D eigenvalue weighted by Crippen LogP contribution is 2.29. The van der Waals surface area contributed by atoms with Crippen molar-refractivity contribution in [2.24, 2.45) is 0 Å². The van der Waals surface area contributed by atoms with Gasteiger partial charge in [-0.15, -0.1) is 10.2 Å². The maximum atomic E-state index is 12.8. The fourth-order valence-corrected chi connectivity index (χ4v) is 4.71. The molecule has 1 heterocycles. The van der Waals surface area contributed by atoms with Gasteiger partial charge in [-0.2, -0.15) is 0 Å². The van der Waals surface area contributed by atoms with E-state index in [2.05, 4.69) is 22.4 Å². The summed E-state index contributed by atoms with van der Waals surface area (Å²) < 4.78 is 7.30. The SMILES string of the molecule is CCc1ccc(C(=O)NCc2nnc(SCc3cccc(OC)c3)n2-c2cc(Cl)ccc2C)cc1. The second-order valence-electron chi connectivity index (χ2n) is 8.04. The van der Waals surface area contributed by atoms with Crippen LogP contribution in [0.4, 0.5) is 0 Å². The number of hydrogen-bond donors (Lipinski definition) is 1. The number of halogens is 1. The number of nitrogens with one attached hydrogen (secondary N) is 1. The van der Waals surface area contributed by atoms with Crippen molar-refractivity contribution in [2.45, 2.75) is 37.7 Å². The van der Waals surface area contributed by atoms with Crippen LogP contribution in [0.5, 0.6) is 5.75 Å². The summed E-state index contributed by atoms with van der Waals surface area (Å²) in [5.41, 5.74) is 4.82. The van der Waals surface area contributed by atoms with E-state index < -0.39 is 0 Å². The van der Waals surface area contributed by atoms with Gasteiger partial charge in [0.1, 0.15) is 5.75 Å². The Balaban J connectivity index is 1.59. The molecule has 0 spiro atoms. The summed E-state index contributed by atoms with van der Waals surface area (Å²) >= 11 is 7.89. The summed E-state index contributed by atoms with van der Waals surface area (Å²) in [5, 5.41) is 13.2. The molecule has 0 unspecified atom stereocenters. The number of thioether (sulfide) groups is 1. The van der Waals surface area contributed by atoms with Crippen molar-refractivity contribution in [1.82, 2.24) is 20.1 Å². The molecule has 0 bridgehead atoms. The second kappa shape index (κ2) is 11.4. The van der Waals surface area contributed by atoms with E-state index in [1.54, 1.807) is 18.9 Å². The molecule has 1 amide bonds. The number of aromatic nitrogens is 3. The number of carbonyl (C=O) groups excluding carboxylic acids is 1. The van der Waals surface area contributed by atoms with Crippen LogP contribution >= 0.6 is 23.4 Å². The van der Waals surface area contributed by atoms with Crippen LogP contribution in [0, 0.1) is 6.92 Å². The molecule has 35 heavy (non-hydrogen) atoms. The maximum Gasteiger partial charge on any atom is 0.251 e. The summed E-state index contributed by atoms with van der Waals surface area (Å²) in [6, 6.07) is 21.3. The normalized spacial score (nSPS) is 10.9. The first-order valence-corrected chi connectivity index (χ1v) is 12.7. The Bertz CT molecular complexity index is 1320. The van der Waals surface area contributed by atoms with Crippen LogP contribution in [0.3, 0.4) is 0 Å². The van der Waals surface area contributed by atoms with Crippen molar-refractivity contribution in [3.8, 4) is 11.4 Å². The lowest BCUT2D eigenvalue weighted by Crippen LogP contribution is -2.24. The molecule has 1 aromatic heterocycles. The molecule has 0 radical (unpaired) electrons. The van der Waals surface area contributed by atoms with Crippen molar-refractivity contribution < 1.29 is 9.53 Å². The minimum Gasteiger partial charge on any atom is -0.497 e. The lowest BCUT2D eigenvalue weighted by Gasteiger charge is -2.14. The van der Waals surface area contributed by atoms with Crippen molar-refractivity contribution >= 4 is 29.3 Å². The van der Waals surface area contributed by atoms with Crippen molar-refractivity contribution in [3.63, 3.8) is 0 Å². The first-order chi connectivity index (χ1) is 17.0. The van der Waals surface area contributed by atoms with E-state index in [-0.39, 0.29) is 12.5 Å². The molecule has 4 rings (SSSR count). The molecule has 0 aliphatic carbocycles. The van der Waals surface area contributed by atoms with Gasteiger partial charge in [-0.3, -0.25) is 9.36 Å². The third-order valence-electron chi connectivity index (χ3n) is 5.65. The first kappa shape index (κ1) is 24.8. The number of aryl methyl sites for hydroxylation is 2. The monoisotopic (exact) mass is 506 g/mol. The summed E-state index contributed by atoms with van der Waals surface area (Å²) in [7, 11) is 1.66. The molecular weight excluding hydrogens is 480 g/mol. The Hall–Kier alpha value is -3.29. The molecule has 8 heteroatoms. The van der Waals surface area contributed by atoms with Crippen molar-refractivity contribution in [1.29, 1.82) is 0 Å². The van der Waals surface area contributed by atoms with Gasteiger partial charge in [-0.05, 0) is 66.4 Å². The number of amides is 1. The summed E-state index contributed by atoms with van der Waals surface area (Å²) in [6.07, 6.45) is 0.931. The van der Waals surface area contributed by atoms with Crippen LogP contribution in [0.1, 0.15) is 39.8 Å². The van der Waals surface area contributed by atoms with E-state index in [9.17, 15) is 4.79 Å². The molecule has 0 fully saturated rings. The van der Waals surface area contributed by atoms with Crippen molar-refractivity contribution in [3.05, 3.63) is 99.8 Å². The minimum atomic E-state index is -0.157. The molecule has 0 saturated carbocycles. The van der Waals surface area contributed by atoms with Crippen LogP contribution in [-0.4, -0.2) is 27.8 Å². The molecule has 3 aromatic carbocycles. The molecule has 180 valence electrons. The average Bonchev–Trinajstić information content (AvgIpc) is 3.30. The molecule has 0 saturated heterocycles. The smallest absolute Gasteiger partial charge is 0.251 e. The van der Waals surface area contributed by atoms with Gasteiger partial charge in [-0.25, -0.2) is 0 Å². The lowest BCUT2D eigenvalue weighted by molar-refractivity contribution is 0.0949. The Kier molecular flexibility index (Phi) is 8.10. The van der Waals surface area contributed by atoms with Gasteiger partial charge in [-0.1, -0.05) is 60.6 Å². The van der Waals surface area contributed by atoms with E-state index in [1.807, 2.05) is 78.2 Å². The van der Waals surface area contributed by atoms with E-state index in [0.29, 0.717) is 22.2 Å². The average molecular weight is 507 g/mol. The molecular formula is C27H27ClN4O2S.